The van der Waals surface area contributed by atoms with Gasteiger partial charge in [-0.1, -0.05) is 0 Å². The maximum absolute atomic E-state index is 11.6. The maximum Gasteiger partial charge on any atom is 0.312 e. The second kappa shape index (κ2) is 8.51. The van der Waals surface area contributed by atoms with Crippen LogP contribution in [0.2, 0.25) is 0 Å². The van der Waals surface area contributed by atoms with Crippen molar-refractivity contribution < 1.29 is 14.4 Å². The van der Waals surface area contributed by atoms with Crippen LogP contribution in [0.3, 0.4) is 0 Å². The van der Waals surface area contributed by atoms with E-state index in [0.717, 1.165) is 0 Å². The molecule has 0 rings (SSSR count). The SMILES string of the molecule is CNC(CCCNC(N)=O)C(=O)NCC(C)=O. The van der Waals surface area contributed by atoms with Gasteiger partial charge in [-0.15, -0.1) is 0 Å². The van der Waals surface area contributed by atoms with E-state index in [-0.39, 0.29) is 24.3 Å². The molecule has 0 aliphatic carbocycles. The van der Waals surface area contributed by atoms with Crippen LogP contribution in [0, 0.1) is 0 Å². The normalized spacial score (nSPS) is 11.6. The Bertz CT molecular complexity index is 281. The molecule has 1 unspecified atom stereocenters. The summed E-state index contributed by atoms with van der Waals surface area (Å²) in [5, 5.41) is 7.81. The summed E-state index contributed by atoms with van der Waals surface area (Å²) in [6.07, 6.45) is 1.18. The first kappa shape index (κ1) is 15.4. The van der Waals surface area contributed by atoms with Gasteiger partial charge in [-0.3, -0.25) is 9.59 Å². The molecule has 0 fully saturated rings. The number of ketones is 1. The summed E-state index contributed by atoms with van der Waals surface area (Å²) in [4.78, 5) is 32.7. The standard InChI is InChI=1S/C10H20N4O3/c1-7(15)6-14-9(16)8(12-2)4-3-5-13-10(11)17/h8,12H,3-6H2,1-2H3,(H,14,16)(H3,11,13,17). The molecule has 0 saturated heterocycles. The molecule has 7 heteroatoms. The highest BCUT2D eigenvalue weighted by atomic mass is 16.2. The first-order valence-electron chi connectivity index (χ1n) is 5.45. The van der Waals surface area contributed by atoms with Gasteiger partial charge in [-0.25, -0.2) is 4.79 Å². The number of hydrogen-bond donors (Lipinski definition) is 4. The minimum absolute atomic E-state index is 0.0382. The Hall–Kier alpha value is -1.63. The van der Waals surface area contributed by atoms with E-state index in [4.69, 9.17) is 5.73 Å². The molecule has 0 saturated carbocycles. The topological polar surface area (TPSA) is 113 Å². The van der Waals surface area contributed by atoms with Gasteiger partial charge < -0.3 is 21.7 Å². The van der Waals surface area contributed by atoms with Crippen molar-refractivity contribution in [2.75, 3.05) is 20.1 Å². The van der Waals surface area contributed by atoms with E-state index in [2.05, 4.69) is 16.0 Å². The molecule has 5 N–H and O–H groups in total. The summed E-state index contributed by atoms with van der Waals surface area (Å²) in [7, 11) is 1.67. The van der Waals surface area contributed by atoms with E-state index in [1.54, 1.807) is 7.05 Å². The number of carbonyl (C=O) groups is 3. The first-order valence-corrected chi connectivity index (χ1v) is 5.45. The smallest absolute Gasteiger partial charge is 0.312 e. The quantitative estimate of drug-likeness (QED) is 0.398. The number of hydrogen-bond acceptors (Lipinski definition) is 4. The number of rotatable bonds is 8. The molecule has 0 aromatic rings. The molecule has 0 spiro atoms. The van der Waals surface area contributed by atoms with Crippen molar-refractivity contribution in [3.05, 3.63) is 0 Å². The van der Waals surface area contributed by atoms with Gasteiger partial charge in [0.1, 0.15) is 5.78 Å². The third-order valence-corrected chi connectivity index (χ3v) is 2.15. The molecule has 17 heavy (non-hydrogen) atoms. The van der Waals surface area contributed by atoms with Gasteiger partial charge in [0.2, 0.25) is 5.91 Å². The van der Waals surface area contributed by atoms with Crippen LogP contribution in [-0.4, -0.2) is 43.9 Å². The number of primary amides is 1. The number of carbonyl (C=O) groups excluding carboxylic acids is 3. The molecule has 0 bridgehead atoms. The Morgan fingerprint density at radius 2 is 1.88 bits per heavy atom. The summed E-state index contributed by atoms with van der Waals surface area (Å²) in [6, 6.07) is -0.948. The van der Waals surface area contributed by atoms with Crippen LogP contribution < -0.4 is 21.7 Å². The summed E-state index contributed by atoms with van der Waals surface area (Å²) in [6.45, 7) is 1.87. The van der Waals surface area contributed by atoms with Crippen molar-refractivity contribution >= 4 is 17.7 Å². The number of urea groups is 1. The largest absolute Gasteiger partial charge is 0.352 e. The Labute approximate surface area is 100 Å². The van der Waals surface area contributed by atoms with Crippen LogP contribution in [0.25, 0.3) is 0 Å². The molecule has 7 nitrogen and oxygen atoms in total. The predicted octanol–water partition coefficient (Wildman–Crippen LogP) is -1.27. The van der Waals surface area contributed by atoms with E-state index in [1.165, 1.54) is 6.92 Å². The van der Waals surface area contributed by atoms with Gasteiger partial charge >= 0.3 is 6.03 Å². The highest BCUT2D eigenvalue weighted by molar-refractivity contribution is 5.87. The average molecular weight is 244 g/mol. The van der Waals surface area contributed by atoms with Gasteiger partial charge in [0, 0.05) is 6.54 Å². The fourth-order valence-corrected chi connectivity index (χ4v) is 1.26. The van der Waals surface area contributed by atoms with Gasteiger partial charge in [0.05, 0.1) is 12.6 Å². The number of nitrogens with one attached hydrogen (secondary N) is 3. The van der Waals surface area contributed by atoms with Crippen LogP contribution in [-0.2, 0) is 9.59 Å². The lowest BCUT2D eigenvalue weighted by molar-refractivity contribution is -0.126. The zero-order valence-corrected chi connectivity index (χ0v) is 10.2. The molecule has 0 heterocycles. The number of Topliss-reactive ketones (excluding diaryl/α,β-unsaturated/α-hetero) is 1. The molecule has 0 aliphatic heterocycles. The monoisotopic (exact) mass is 244 g/mol. The highest BCUT2D eigenvalue weighted by Crippen LogP contribution is 1.96. The van der Waals surface area contributed by atoms with Crippen LogP contribution in [0.15, 0.2) is 0 Å². The van der Waals surface area contributed by atoms with Gasteiger partial charge in [-0.05, 0) is 26.8 Å². The molecule has 0 aromatic carbocycles. The Balaban J connectivity index is 3.85. The van der Waals surface area contributed by atoms with Crippen molar-refractivity contribution in [2.45, 2.75) is 25.8 Å². The van der Waals surface area contributed by atoms with Crippen molar-refractivity contribution in [2.24, 2.45) is 5.73 Å². The zero-order chi connectivity index (χ0) is 13.3. The number of amides is 3. The second-order valence-corrected chi connectivity index (χ2v) is 3.69. The fraction of sp³-hybridized carbons (Fsp3) is 0.700. The van der Waals surface area contributed by atoms with E-state index in [9.17, 15) is 14.4 Å². The summed E-state index contributed by atoms with van der Waals surface area (Å²) < 4.78 is 0. The van der Waals surface area contributed by atoms with Crippen LogP contribution in [0.4, 0.5) is 4.79 Å². The van der Waals surface area contributed by atoms with E-state index in [1.807, 2.05) is 0 Å². The molecule has 1 atom stereocenters. The van der Waals surface area contributed by atoms with Crippen LogP contribution in [0.5, 0.6) is 0 Å². The average Bonchev–Trinajstić information content (AvgIpc) is 2.25. The van der Waals surface area contributed by atoms with Crippen molar-refractivity contribution in [3.63, 3.8) is 0 Å². The van der Waals surface area contributed by atoms with Crippen molar-refractivity contribution in [3.8, 4) is 0 Å². The van der Waals surface area contributed by atoms with Crippen LogP contribution >= 0.6 is 0 Å². The Morgan fingerprint density at radius 3 is 2.35 bits per heavy atom. The second-order valence-electron chi connectivity index (χ2n) is 3.69. The third kappa shape index (κ3) is 8.21. The molecule has 0 radical (unpaired) electrons. The lowest BCUT2D eigenvalue weighted by atomic mass is 10.1. The van der Waals surface area contributed by atoms with E-state index < -0.39 is 6.03 Å². The van der Waals surface area contributed by atoms with Gasteiger partial charge in [0.15, 0.2) is 0 Å². The number of likely N-dealkylation sites (N-methyl/N-ethyl adjacent to an activating group) is 1. The zero-order valence-electron chi connectivity index (χ0n) is 10.2. The molecule has 0 aromatic heterocycles. The van der Waals surface area contributed by atoms with E-state index in [0.29, 0.717) is 19.4 Å². The lowest BCUT2D eigenvalue weighted by Crippen LogP contribution is -2.44. The Morgan fingerprint density at radius 1 is 1.24 bits per heavy atom. The number of nitrogens with two attached hydrogens (primary N) is 1. The summed E-state index contributed by atoms with van der Waals surface area (Å²) >= 11 is 0. The van der Waals surface area contributed by atoms with Crippen molar-refractivity contribution in [1.82, 2.24) is 16.0 Å². The lowest BCUT2D eigenvalue weighted by Gasteiger charge is -2.15. The first-order chi connectivity index (χ1) is 7.97. The fourth-order valence-electron chi connectivity index (χ4n) is 1.26. The minimum atomic E-state index is -0.577. The van der Waals surface area contributed by atoms with Crippen LogP contribution in [0.1, 0.15) is 19.8 Å². The van der Waals surface area contributed by atoms with Gasteiger partial charge in [0.25, 0.3) is 0 Å². The summed E-state index contributed by atoms with van der Waals surface area (Å²) in [5.74, 6) is -0.314. The van der Waals surface area contributed by atoms with E-state index >= 15 is 0 Å². The Kier molecular flexibility index (Phi) is 7.70. The summed E-state index contributed by atoms with van der Waals surface area (Å²) in [5.41, 5.74) is 4.90. The molecule has 0 aliphatic rings. The molecular formula is C10H20N4O3. The predicted molar refractivity (Wildman–Crippen MR) is 63.4 cm³/mol. The highest BCUT2D eigenvalue weighted by Gasteiger charge is 2.15. The minimum Gasteiger partial charge on any atom is -0.352 e. The molecular weight excluding hydrogens is 224 g/mol. The molecule has 3 amide bonds. The van der Waals surface area contributed by atoms with Gasteiger partial charge in [-0.2, -0.15) is 0 Å². The third-order valence-electron chi connectivity index (χ3n) is 2.15. The maximum atomic E-state index is 11.6. The van der Waals surface area contributed by atoms with Crippen molar-refractivity contribution in [1.29, 1.82) is 0 Å². The molecule has 98 valence electrons.